The second-order valence-corrected chi connectivity index (χ2v) is 7.49. The van der Waals surface area contributed by atoms with Gasteiger partial charge in [-0.15, -0.1) is 0 Å². The number of fused-ring (bicyclic) bond motifs is 5. The van der Waals surface area contributed by atoms with Gasteiger partial charge in [-0.05, 0) is 51.6 Å². The zero-order chi connectivity index (χ0) is 20.9. The third-order valence-electron chi connectivity index (χ3n) is 5.44. The first-order valence-corrected chi connectivity index (χ1v) is 10.2. The summed E-state index contributed by atoms with van der Waals surface area (Å²) in [5.74, 6) is 0.00224. The highest BCUT2D eigenvalue weighted by Gasteiger charge is 2.25. The summed E-state index contributed by atoms with van der Waals surface area (Å²) in [7, 11) is 0. The molecule has 0 amide bonds. The Morgan fingerprint density at radius 1 is 0.800 bits per heavy atom. The summed E-state index contributed by atoms with van der Waals surface area (Å²) in [5, 5.41) is 4.62. The molecule has 0 bridgehead atoms. The zero-order valence-electron chi connectivity index (χ0n) is 17.0. The van der Waals surface area contributed by atoms with Crippen molar-refractivity contribution in [1.29, 1.82) is 0 Å². The first-order valence-electron chi connectivity index (χ1n) is 10.2. The number of carbonyl (C=O) groups excluding carboxylic acids is 2. The third-order valence-corrected chi connectivity index (χ3v) is 5.44. The second-order valence-electron chi connectivity index (χ2n) is 7.49. The molecule has 5 rings (SSSR count). The molecule has 1 heterocycles. The highest BCUT2D eigenvalue weighted by molar-refractivity contribution is 6.22. The monoisotopic (exact) mass is 397 g/mol. The van der Waals surface area contributed by atoms with E-state index < -0.39 is 0 Å². The topological polar surface area (TPSA) is 72.8 Å². The summed E-state index contributed by atoms with van der Waals surface area (Å²) in [6.45, 7) is 2.19. The van der Waals surface area contributed by atoms with Crippen LogP contribution in [0.3, 0.4) is 0 Å². The van der Waals surface area contributed by atoms with Gasteiger partial charge in [0, 0.05) is 12.0 Å². The number of hydrogen-bond donors (Lipinski definition) is 0. The van der Waals surface area contributed by atoms with E-state index in [-0.39, 0.29) is 18.0 Å². The van der Waals surface area contributed by atoms with Crippen molar-refractivity contribution in [3.8, 4) is 0 Å². The molecule has 30 heavy (non-hydrogen) atoms. The molecule has 0 N–H and O–H groups in total. The maximum Gasteiger partial charge on any atom is 0.171 e. The summed E-state index contributed by atoms with van der Waals surface area (Å²) in [6, 6.07) is 14.7. The van der Waals surface area contributed by atoms with Gasteiger partial charge in [-0.25, -0.2) is 15.0 Å². The Morgan fingerprint density at radius 2 is 1.47 bits per heavy atom. The van der Waals surface area contributed by atoms with Gasteiger partial charge in [-0.2, -0.15) is 0 Å². The van der Waals surface area contributed by atoms with E-state index in [4.69, 9.17) is 0 Å². The van der Waals surface area contributed by atoms with Gasteiger partial charge in [0.25, 0.3) is 0 Å². The molecule has 0 spiro atoms. The summed E-state index contributed by atoms with van der Waals surface area (Å²) in [6.07, 6.45) is 8.04. The molecule has 0 saturated heterocycles. The van der Waals surface area contributed by atoms with Crippen LogP contribution in [0.4, 0.5) is 0 Å². The number of hydrogen-bond acceptors (Lipinski definition) is 5. The Kier molecular flexibility index (Phi) is 5.89. The van der Waals surface area contributed by atoms with Gasteiger partial charge in [0.15, 0.2) is 5.78 Å². The minimum atomic E-state index is -0.0245. The van der Waals surface area contributed by atoms with E-state index in [1.807, 2.05) is 6.07 Å². The minimum Gasteiger partial charge on any atom is -0.299 e. The second kappa shape index (κ2) is 8.91. The van der Waals surface area contributed by atoms with Crippen molar-refractivity contribution in [2.75, 3.05) is 0 Å². The van der Waals surface area contributed by atoms with Gasteiger partial charge >= 0.3 is 0 Å². The maximum absolute atomic E-state index is 12.6. The molecule has 0 fully saturated rings. The molecule has 5 nitrogen and oxygen atoms in total. The molecule has 1 aliphatic carbocycles. The van der Waals surface area contributed by atoms with Crippen molar-refractivity contribution in [3.63, 3.8) is 0 Å². The lowest BCUT2D eigenvalue weighted by atomic mass is 9.83. The maximum atomic E-state index is 12.6. The highest BCUT2D eigenvalue weighted by atomic mass is 16.1. The van der Waals surface area contributed by atoms with Crippen LogP contribution in [0.5, 0.6) is 0 Å². The minimum absolute atomic E-state index is 0.0245. The number of benzene rings is 3. The molecular formula is C25H23N3O2. The Balaban J connectivity index is 0.000000313. The Morgan fingerprint density at radius 3 is 2.13 bits per heavy atom. The molecule has 0 aliphatic heterocycles. The molecule has 1 aliphatic rings. The van der Waals surface area contributed by atoms with Crippen LogP contribution in [0.15, 0.2) is 61.4 Å². The number of rotatable bonds is 3. The quantitative estimate of drug-likeness (QED) is 0.363. The number of carbonyl (C=O) groups is 2. The van der Waals surface area contributed by atoms with Crippen molar-refractivity contribution >= 4 is 33.1 Å². The first kappa shape index (κ1) is 19.8. The van der Waals surface area contributed by atoms with Crippen LogP contribution in [0.1, 0.15) is 47.7 Å². The van der Waals surface area contributed by atoms with E-state index >= 15 is 0 Å². The first-order chi connectivity index (χ1) is 14.7. The van der Waals surface area contributed by atoms with Crippen LogP contribution in [0.2, 0.25) is 0 Å². The molecule has 0 atom stereocenters. The lowest BCUT2D eigenvalue weighted by molar-refractivity contribution is -0.117. The number of unbranched alkanes of at least 4 members (excludes halogenated alkanes) is 1. The molecular weight excluding hydrogens is 374 g/mol. The molecule has 4 aromatic rings. The smallest absolute Gasteiger partial charge is 0.171 e. The van der Waals surface area contributed by atoms with E-state index in [9.17, 15) is 9.59 Å². The fourth-order valence-electron chi connectivity index (χ4n) is 4.10. The van der Waals surface area contributed by atoms with Crippen LogP contribution in [0, 0.1) is 0 Å². The molecule has 3 aromatic carbocycles. The zero-order valence-corrected chi connectivity index (χ0v) is 17.0. The van der Waals surface area contributed by atoms with E-state index in [1.54, 1.807) is 0 Å². The van der Waals surface area contributed by atoms with Gasteiger partial charge in [-0.1, -0.05) is 49.7 Å². The SMILES string of the molecule is CCCCc1cc2c3c(ccc2c2ccccc12)CC(=O)CC3=O.c1ncncn1. The van der Waals surface area contributed by atoms with Crippen LogP contribution >= 0.6 is 0 Å². The van der Waals surface area contributed by atoms with Gasteiger partial charge in [0.05, 0.1) is 6.42 Å². The predicted octanol–water partition coefficient (Wildman–Crippen LogP) is 4.91. The third kappa shape index (κ3) is 3.96. The van der Waals surface area contributed by atoms with E-state index in [0.29, 0.717) is 6.42 Å². The Labute approximate surface area is 175 Å². The average molecular weight is 397 g/mol. The fraction of sp³-hybridized carbons (Fsp3) is 0.240. The fourth-order valence-corrected chi connectivity index (χ4v) is 4.10. The number of aryl methyl sites for hydroxylation is 1. The molecule has 5 heteroatoms. The number of ketones is 2. The summed E-state index contributed by atoms with van der Waals surface area (Å²) < 4.78 is 0. The van der Waals surface area contributed by atoms with Crippen LogP contribution in [0.25, 0.3) is 21.5 Å². The average Bonchev–Trinajstić information content (AvgIpc) is 2.78. The van der Waals surface area contributed by atoms with Crippen LogP contribution in [-0.4, -0.2) is 26.5 Å². The van der Waals surface area contributed by atoms with Gasteiger partial charge in [-0.3, -0.25) is 9.59 Å². The normalized spacial score (nSPS) is 13.1. The van der Waals surface area contributed by atoms with Crippen molar-refractivity contribution < 1.29 is 9.59 Å². The standard InChI is InChI=1S/C22H20O2.C3H3N3/c1-2-3-6-14-12-20-19(18-8-5-4-7-17(14)18)10-9-15-11-16(23)13-21(24)22(15)20;1-4-2-6-3-5-1/h4-5,7-10,12H,2-3,6,11,13H2,1H3;1-3H. The highest BCUT2D eigenvalue weighted by Crippen LogP contribution is 2.35. The number of nitrogens with zero attached hydrogens (tertiary/aromatic N) is 3. The Bertz CT molecular complexity index is 1190. The molecule has 0 radical (unpaired) electrons. The van der Waals surface area contributed by atoms with E-state index in [1.165, 1.54) is 35.3 Å². The number of Topliss-reactive ketones (excluding diaryl/α,β-unsaturated/α-hetero) is 2. The molecule has 1 aromatic heterocycles. The molecule has 150 valence electrons. The van der Waals surface area contributed by atoms with E-state index in [0.717, 1.165) is 41.2 Å². The van der Waals surface area contributed by atoms with E-state index in [2.05, 4.69) is 58.3 Å². The predicted molar refractivity (Wildman–Crippen MR) is 118 cm³/mol. The molecule has 0 unspecified atom stereocenters. The number of aromatic nitrogens is 3. The van der Waals surface area contributed by atoms with Gasteiger partial charge < -0.3 is 0 Å². The summed E-state index contributed by atoms with van der Waals surface area (Å²) >= 11 is 0. The lowest BCUT2D eigenvalue weighted by Gasteiger charge is -2.18. The van der Waals surface area contributed by atoms with Gasteiger partial charge in [0.1, 0.15) is 24.8 Å². The summed E-state index contributed by atoms with van der Waals surface area (Å²) in [5.41, 5.74) is 2.97. The van der Waals surface area contributed by atoms with Crippen LogP contribution < -0.4 is 0 Å². The summed E-state index contributed by atoms with van der Waals surface area (Å²) in [4.78, 5) is 35.0. The Hall–Kier alpha value is -3.47. The van der Waals surface area contributed by atoms with Crippen molar-refractivity contribution in [2.45, 2.75) is 39.0 Å². The molecule has 0 saturated carbocycles. The van der Waals surface area contributed by atoms with Crippen LogP contribution in [-0.2, 0) is 17.6 Å². The largest absolute Gasteiger partial charge is 0.299 e. The van der Waals surface area contributed by atoms with Gasteiger partial charge in [0.2, 0.25) is 0 Å². The lowest BCUT2D eigenvalue weighted by Crippen LogP contribution is -2.20. The van der Waals surface area contributed by atoms with Crippen molar-refractivity contribution in [1.82, 2.24) is 15.0 Å². The van der Waals surface area contributed by atoms with Crippen molar-refractivity contribution in [2.24, 2.45) is 0 Å². The van der Waals surface area contributed by atoms with Crippen molar-refractivity contribution in [3.05, 3.63) is 78.1 Å².